The number of para-hydroxylation sites is 2. The van der Waals surface area contributed by atoms with Crippen LogP contribution in [0.5, 0.6) is 11.5 Å². The van der Waals surface area contributed by atoms with E-state index in [-0.39, 0.29) is 35.8 Å². The maximum Gasteiger partial charge on any atom is 0.339 e. The number of aromatic hydroxyl groups is 2. The summed E-state index contributed by atoms with van der Waals surface area (Å²) in [6.45, 7) is 4.00. The fourth-order valence-electron chi connectivity index (χ4n) is 1.89. The molecule has 0 unspecified atom stereocenters. The van der Waals surface area contributed by atoms with Gasteiger partial charge in [0, 0.05) is 0 Å². The lowest BCUT2D eigenvalue weighted by molar-refractivity contribution is 0.0650. The molecule has 2 rings (SSSR count). The molecule has 0 heterocycles. The van der Waals surface area contributed by atoms with Gasteiger partial charge in [0.25, 0.3) is 0 Å². The molecular formula is C20H26O9. The molecule has 0 radical (unpaired) electrons. The summed E-state index contributed by atoms with van der Waals surface area (Å²) in [6.07, 6.45) is 0. The van der Waals surface area contributed by atoms with Gasteiger partial charge in [-0.15, -0.1) is 0 Å². The third-order valence-corrected chi connectivity index (χ3v) is 3.41. The van der Waals surface area contributed by atoms with E-state index in [0.717, 1.165) is 0 Å². The van der Waals surface area contributed by atoms with Crippen molar-refractivity contribution in [1.29, 1.82) is 0 Å². The molecule has 2 aromatic carbocycles. The van der Waals surface area contributed by atoms with Crippen LogP contribution in [0.3, 0.4) is 0 Å². The van der Waals surface area contributed by atoms with Gasteiger partial charge in [0.05, 0.1) is 26.4 Å². The molecule has 0 amide bonds. The summed E-state index contributed by atoms with van der Waals surface area (Å²) in [4.78, 5) is 20.8. The van der Waals surface area contributed by atoms with Crippen molar-refractivity contribution in [1.82, 2.24) is 0 Å². The summed E-state index contributed by atoms with van der Waals surface area (Å²) in [5.41, 5.74) is 1.05. The van der Waals surface area contributed by atoms with Gasteiger partial charge in [0.1, 0.15) is 22.6 Å². The highest BCUT2D eigenvalue weighted by Gasteiger charge is 2.10. The van der Waals surface area contributed by atoms with Crippen molar-refractivity contribution < 1.29 is 45.0 Å². The van der Waals surface area contributed by atoms with Gasteiger partial charge in [0.2, 0.25) is 0 Å². The summed E-state index contributed by atoms with van der Waals surface area (Å²) in [7, 11) is 0. The molecule has 29 heavy (non-hydrogen) atoms. The van der Waals surface area contributed by atoms with Crippen LogP contribution >= 0.6 is 0 Å². The summed E-state index contributed by atoms with van der Waals surface area (Å²) >= 11 is 0. The number of aryl methyl sites for hydroxylation is 2. The number of carboxylic acids is 2. The average molecular weight is 410 g/mol. The Hall–Kier alpha value is -3.14. The second-order valence-corrected chi connectivity index (χ2v) is 5.61. The molecule has 0 aliphatic rings. The van der Waals surface area contributed by atoms with Crippen LogP contribution in [0.25, 0.3) is 0 Å². The minimum Gasteiger partial charge on any atom is -0.507 e. The molecule has 0 aliphatic heterocycles. The lowest BCUT2D eigenvalue weighted by atomic mass is 10.1. The molecule has 0 bridgehead atoms. The zero-order chi connectivity index (χ0) is 22.4. The molecule has 2 aromatic rings. The minimum absolute atomic E-state index is 0.0278. The van der Waals surface area contributed by atoms with Crippen LogP contribution in [0, 0.1) is 13.8 Å². The Morgan fingerprint density at radius 3 is 1.34 bits per heavy atom. The Balaban J connectivity index is 0.000000419. The number of carbonyl (C=O) groups is 2. The van der Waals surface area contributed by atoms with Crippen LogP contribution in [-0.4, -0.2) is 69.0 Å². The van der Waals surface area contributed by atoms with Gasteiger partial charge in [-0.1, -0.05) is 24.3 Å². The highest BCUT2D eigenvalue weighted by atomic mass is 16.5. The van der Waals surface area contributed by atoms with Crippen LogP contribution in [0.4, 0.5) is 0 Å². The number of carboxylic acid groups (broad SMARTS) is 2. The van der Waals surface area contributed by atoms with Crippen molar-refractivity contribution in [2.24, 2.45) is 0 Å². The number of aromatic carboxylic acids is 2. The van der Waals surface area contributed by atoms with Crippen molar-refractivity contribution in [3.05, 3.63) is 58.7 Å². The van der Waals surface area contributed by atoms with E-state index in [2.05, 4.69) is 4.74 Å². The SMILES string of the molecule is Cc1cccc(C(=O)O)c1O.Cc1cccc(C(=O)O)c1O.OCCOCCO. The van der Waals surface area contributed by atoms with Gasteiger partial charge in [-0.2, -0.15) is 0 Å². The van der Waals surface area contributed by atoms with E-state index in [1.807, 2.05) is 0 Å². The maximum absolute atomic E-state index is 10.4. The maximum atomic E-state index is 10.4. The number of hydrogen-bond acceptors (Lipinski definition) is 7. The number of ether oxygens (including phenoxy) is 1. The Labute approximate surface area is 168 Å². The average Bonchev–Trinajstić information content (AvgIpc) is 2.67. The fourth-order valence-corrected chi connectivity index (χ4v) is 1.89. The van der Waals surface area contributed by atoms with Gasteiger partial charge >= 0.3 is 11.9 Å². The summed E-state index contributed by atoms with van der Waals surface area (Å²) in [6, 6.07) is 9.23. The zero-order valence-electron chi connectivity index (χ0n) is 16.2. The molecule has 0 saturated carbocycles. The molecule has 9 nitrogen and oxygen atoms in total. The molecule has 0 aliphatic carbocycles. The predicted octanol–water partition coefficient (Wildman–Crippen LogP) is 1.79. The summed E-state index contributed by atoms with van der Waals surface area (Å²) in [5, 5.41) is 51.6. The number of benzene rings is 2. The molecular weight excluding hydrogens is 384 g/mol. The van der Waals surface area contributed by atoms with Crippen molar-refractivity contribution in [3.63, 3.8) is 0 Å². The van der Waals surface area contributed by atoms with Crippen molar-refractivity contribution in [3.8, 4) is 11.5 Å². The molecule has 0 aromatic heterocycles. The summed E-state index contributed by atoms with van der Waals surface area (Å²) < 4.78 is 4.63. The monoisotopic (exact) mass is 410 g/mol. The van der Waals surface area contributed by atoms with Crippen LogP contribution in [-0.2, 0) is 4.74 Å². The van der Waals surface area contributed by atoms with E-state index in [1.54, 1.807) is 38.1 Å². The molecule has 0 fully saturated rings. The van der Waals surface area contributed by atoms with Crippen LogP contribution in [0.1, 0.15) is 31.8 Å². The second-order valence-electron chi connectivity index (χ2n) is 5.61. The topological polar surface area (TPSA) is 165 Å². The first-order valence-electron chi connectivity index (χ1n) is 8.50. The largest absolute Gasteiger partial charge is 0.507 e. The Morgan fingerprint density at radius 2 is 1.10 bits per heavy atom. The zero-order valence-corrected chi connectivity index (χ0v) is 16.2. The smallest absolute Gasteiger partial charge is 0.339 e. The third kappa shape index (κ3) is 9.56. The molecule has 0 atom stereocenters. The van der Waals surface area contributed by atoms with Gasteiger partial charge in [0.15, 0.2) is 0 Å². The van der Waals surface area contributed by atoms with E-state index < -0.39 is 11.9 Å². The first-order valence-corrected chi connectivity index (χ1v) is 8.50. The Bertz CT molecular complexity index is 722. The standard InChI is InChI=1S/2C8H8O3.C4H10O3/c2*1-5-3-2-4-6(7(5)9)8(10)11;5-1-3-7-4-2-6/h2*2-4,9H,1H3,(H,10,11);5-6H,1-4H2. The second kappa shape index (κ2) is 13.9. The molecule has 6 N–H and O–H groups in total. The fraction of sp³-hybridized carbons (Fsp3) is 0.300. The Kier molecular flexibility index (Phi) is 12.4. The minimum atomic E-state index is -1.11. The van der Waals surface area contributed by atoms with Crippen molar-refractivity contribution in [2.75, 3.05) is 26.4 Å². The number of aliphatic hydroxyl groups is 2. The number of aliphatic hydroxyl groups excluding tert-OH is 2. The number of rotatable bonds is 6. The van der Waals surface area contributed by atoms with Crippen molar-refractivity contribution in [2.45, 2.75) is 13.8 Å². The molecule has 9 heteroatoms. The first-order chi connectivity index (χ1) is 13.7. The lowest BCUT2D eigenvalue weighted by Crippen LogP contribution is -2.03. The highest BCUT2D eigenvalue weighted by Crippen LogP contribution is 2.21. The van der Waals surface area contributed by atoms with Crippen molar-refractivity contribution >= 4 is 11.9 Å². The molecule has 0 spiro atoms. The van der Waals surface area contributed by atoms with E-state index in [9.17, 15) is 19.8 Å². The van der Waals surface area contributed by atoms with E-state index >= 15 is 0 Å². The van der Waals surface area contributed by atoms with E-state index in [4.69, 9.17) is 20.4 Å². The quantitative estimate of drug-likeness (QED) is 0.389. The normalized spacial score (nSPS) is 9.52. The van der Waals surface area contributed by atoms with Gasteiger partial charge < -0.3 is 35.4 Å². The van der Waals surface area contributed by atoms with Gasteiger partial charge in [-0.25, -0.2) is 9.59 Å². The molecule has 160 valence electrons. The number of phenols is 2. The highest BCUT2D eigenvalue weighted by molar-refractivity contribution is 5.91. The lowest BCUT2D eigenvalue weighted by Gasteiger charge is -2.00. The third-order valence-electron chi connectivity index (χ3n) is 3.41. The van der Waals surface area contributed by atoms with Gasteiger partial charge in [-0.05, 0) is 37.1 Å². The number of hydrogen-bond donors (Lipinski definition) is 6. The molecule has 0 saturated heterocycles. The summed E-state index contributed by atoms with van der Waals surface area (Å²) in [5.74, 6) is -2.52. The van der Waals surface area contributed by atoms with E-state index in [0.29, 0.717) is 24.3 Å². The Morgan fingerprint density at radius 1 is 0.759 bits per heavy atom. The first kappa shape index (κ1) is 25.9. The van der Waals surface area contributed by atoms with Crippen LogP contribution < -0.4 is 0 Å². The van der Waals surface area contributed by atoms with Crippen LogP contribution in [0.2, 0.25) is 0 Å². The predicted molar refractivity (Wildman–Crippen MR) is 105 cm³/mol. The van der Waals surface area contributed by atoms with Gasteiger partial charge in [-0.3, -0.25) is 0 Å². The van der Waals surface area contributed by atoms with Crippen LogP contribution in [0.15, 0.2) is 36.4 Å². The van der Waals surface area contributed by atoms with E-state index in [1.165, 1.54) is 12.1 Å².